The molecular weight excluding hydrogens is 390 g/mol. The van der Waals surface area contributed by atoms with E-state index in [0.717, 1.165) is 40.1 Å². The highest BCUT2D eigenvalue weighted by Crippen LogP contribution is 2.35. The van der Waals surface area contributed by atoms with Crippen molar-refractivity contribution in [3.8, 4) is 17.2 Å². The summed E-state index contributed by atoms with van der Waals surface area (Å²) < 4.78 is 18.7. The maximum Gasteiger partial charge on any atom is 0.231 e. The third-order valence-electron chi connectivity index (χ3n) is 4.60. The standard InChI is InChI=1S/C20H19N5O3S/c1-2-25-19(10-26-13-7-8-16-17(9-13)28-12-27-16)23-24-20(25)29-11-18-21-14-5-3-4-6-15(14)22-18/h3-9H,2,10-12H2,1H3,(H,21,22). The van der Waals surface area contributed by atoms with E-state index in [9.17, 15) is 0 Å². The van der Waals surface area contributed by atoms with E-state index in [0.29, 0.717) is 23.9 Å². The van der Waals surface area contributed by atoms with Crippen LogP contribution < -0.4 is 14.2 Å². The van der Waals surface area contributed by atoms with Crippen LogP contribution in [0.25, 0.3) is 11.0 Å². The lowest BCUT2D eigenvalue weighted by Crippen LogP contribution is -2.07. The zero-order valence-electron chi connectivity index (χ0n) is 15.8. The van der Waals surface area contributed by atoms with Crippen LogP contribution >= 0.6 is 11.8 Å². The second-order valence-electron chi connectivity index (χ2n) is 6.44. The number of thioether (sulfide) groups is 1. The quantitative estimate of drug-likeness (QED) is 0.465. The van der Waals surface area contributed by atoms with Crippen molar-refractivity contribution in [2.75, 3.05) is 6.79 Å². The zero-order chi connectivity index (χ0) is 19.6. The smallest absolute Gasteiger partial charge is 0.231 e. The number of ether oxygens (including phenoxy) is 3. The van der Waals surface area contributed by atoms with Crippen LogP contribution in [0.2, 0.25) is 0 Å². The minimum atomic E-state index is 0.245. The van der Waals surface area contributed by atoms with Crippen molar-refractivity contribution in [1.29, 1.82) is 0 Å². The molecule has 0 bridgehead atoms. The van der Waals surface area contributed by atoms with Crippen LogP contribution in [0, 0.1) is 0 Å². The molecule has 8 nitrogen and oxygen atoms in total. The Kier molecular flexibility index (Phi) is 4.73. The highest BCUT2D eigenvalue weighted by atomic mass is 32.2. The third-order valence-corrected chi connectivity index (χ3v) is 5.58. The number of aromatic nitrogens is 5. The van der Waals surface area contributed by atoms with Gasteiger partial charge in [-0.15, -0.1) is 10.2 Å². The van der Waals surface area contributed by atoms with Crippen LogP contribution in [0.15, 0.2) is 47.6 Å². The maximum absolute atomic E-state index is 5.89. The van der Waals surface area contributed by atoms with Gasteiger partial charge in [-0.25, -0.2) is 4.98 Å². The van der Waals surface area contributed by atoms with E-state index < -0.39 is 0 Å². The fraction of sp³-hybridized carbons (Fsp3) is 0.250. The molecule has 3 heterocycles. The Bertz CT molecular complexity index is 1120. The fourth-order valence-corrected chi connectivity index (χ4v) is 4.06. The molecule has 1 aliphatic heterocycles. The van der Waals surface area contributed by atoms with Crippen molar-refractivity contribution in [3.05, 3.63) is 54.1 Å². The molecule has 0 spiro atoms. The average Bonchev–Trinajstić information content (AvgIpc) is 3.47. The summed E-state index contributed by atoms with van der Waals surface area (Å²) in [7, 11) is 0. The van der Waals surface area contributed by atoms with Crippen LogP contribution in [0.5, 0.6) is 17.2 Å². The molecule has 0 fully saturated rings. The van der Waals surface area contributed by atoms with Gasteiger partial charge in [0.15, 0.2) is 22.5 Å². The lowest BCUT2D eigenvalue weighted by Gasteiger charge is -2.09. The molecule has 0 atom stereocenters. The van der Waals surface area contributed by atoms with Gasteiger partial charge in [0.05, 0.1) is 16.8 Å². The van der Waals surface area contributed by atoms with Crippen LogP contribution in [0.4, 0.5) is 0 Å². The molecule has 0 aliphatic carbocycles. The Labute approximate surface area is 171 Å². The van der Waals surface area contributed by atoms with Gasteiger partial charge in [0, 0.05) is 12.6 Å². The van der Waals surface area contributed by atoms with Crippen molar-refractivity contribution in [2.45, 2.75) is 31.0 Å². The van der Waals surface area contributed by atoms with E-state index in [1.807, 2.05) is 42.5 Å². The van der Waals surface area contributed by atoms with E-state index in [-0.39, 0.29) is 6.79 Å². The monoisotopic (exact) mass is 409 g/mol. The van der Waals surface area contributed by atoms with E-state index in [1.165, 1.54) is 0 Å². The Hall–Kier alpha value is -3.20. The van der Waals surface area contributed by atoms with Crippen LogP contribution in [0.1, 0.15) is 18.6 Å². The molecule has 0 amide bonds. The first-order chi connectivity index (χ1) is 14.3. The van der Waals surface area contributed by atoms with E-state index >= 15 is 0 Å². The van der Waals surface area contributed by atoms with Crippen molar-refractivity contribution < 1.29 is 14.2 Å². The molecule has 0 radical (unpaired) electrons. The number of H-pyrrole nitrogens is 1. The molecule has 1 N–H and O–H groups in total. The number of nitrogens with zero attached hydrogens (tertiary/aromatic N) is 4. The van der Waals surface area contributed by atoms with Gasteiger partial charge in [-0.2, -0.15) is 0 Å². The maximum atomic E-state index is 5.89. The number of aromatic amines is 1. The number of rotatable bonds is 7. The first kappa shape index (κ1) is 17.9. The number of para-hydroxylation sites is 2. The largest absolute Gasteiger partial charge is 0.485 e. The predicted octanol–water partition coefficient (Wildman–Crippen LogP) is 3.77. The zero-order valence-corrected chi connectivity index (χ0v) is 16.6. The molecule has 0 unspecified atom stereocenters. The number of hydrogen-bond donors (Lipinski definition) is 1. The van der Waals surface area contributed by atoms with Crippen molar-refractivity contribution in [3.63, 3.8) is 0 Å². The summed E-state index contributed by atoms with van der Waals surface area (Å²) >= 11 is 1.60. The van der Waals surface area contributed by atoms with E-state index in [1.54, 1.807) is 11.8 Å². The van der Waals surface area contributed by atoms with Crippen molar-refractivity contribution in [1.82, 2.24) is 24.7 Å². The summed E-state index contributed by atoms with van der Waals surface area (Å²) in [6.45, 7) is 3.40. The minimum absolute atomic E-state index is 0.245. The molecule has 0 saturated heterocycles. The summed E-state index contributed by atoms with van der Waals surface area (Å²) in [5, 5.41) is 9.49. The number of fused-ring (bicyclic) bond motifs is 2. The Morgan fingerprint density at radius 3 is 2.93 bits per heavy atom. The van der Waals surface area contributed by atoms with Gasteiger partial charge >= 0.3 is 0 Å². The molecule has 2 aromatic carbocycles. The Morgan fingerprint density at radius 1 is 1.14 bits per heavy atom. The molecule has 0 saturated carbocycles. The third kappa shape index (κ3) is 3.61. The number of imidazole rings is 1. The number of nitrogens with one attached hydrogen (secondary N) is 1. The molecule has 2 aromatic heterocycles. The molecule has 4 aromatic rings. The predicted molar refractivity (Wildman–Crippen MR) is 108 cm³/mol. The summed E-state index contributed by atoms with van der Waals surface area (Å²) in [6, 6.07) is 13.5. The van der Waals surface area contributed by atoms with Gasteiger partial charge in [0.25, 0.3) is 0 Å². The topological polar surface area (TPSA) is 87.1 Å². The van der Waals surface area contributed by atoms with Gasteiger partial charge in [-0.05, 0) is 31.2 Å². The molecule has 5 rings (SSSR count). The van der Waals surface area contributed by atoms with E-state index in [4.69, 9.17) is 14.2 Å². The van der Waals surface area contributed by atoms with Gasteiger partial charge in [0.1, 0.15) is 18.2 Å². The van der Waals surface area contributed by atoms with Crippen molar-refractivity contribution >= 4 is 22.8 Å². The van der Waals surface area contributed by atoms with Gasteiger partial charge in [-0.3, -0.25) is 0 Å². The number of benzene rings is 2. The minimum Gasteiger partial charge on any atom is -0.485 e. The first-order valence-electron chi connectivity index (χ1n) is 9.31. The second kappa shape index (κ2) is 7.67. The molecule has 1 aliphatic rings. The van der Waals surface area contributed by atoms with Crippen LogP contribution in [-0.2, 0) is 18.9 Å². The summed E-state index contributed by atoms with van der Waals surface area (Å²) in [6.07, 6.45) is 0. The SMILES string of the molecule is CCn1c(COc2ccc3c(c2)OCO3)nnc1SCc1nc2ccccc2[nH]1. The Morgan fingerprint density at radius 2 is 2.03 bits per heavy atom. The van der Waals surface area contributed by atoms with Crippen molar-refractivity contribution in [2.24, 2.45) is 0 Å². The van der Waals surface area contributed by atoms with Gasteiger partial charge in [-0.1, -0.05) is 23.9 Å². The highest BCUT2D eigenvalue weighted by molar-refractivity contribution is 7.98. The summed E-state index contributed by atoms with van der Waals surface area (Å²) in [4.78, 5) is 7.96. The summed E-state index contributed by atoms with van der Waals surface area (Å²) in [5.41, 5.74) is 2.01. The lowest BCUT2D eigenvalue weighted by atomic mass is 10.3. The first-order valence-corrected chi connectivity index (χ1v) is 10.3. The lowest BCUT2D eigenvalue weighted by molar-refractivity contribution is 0.173. The molecular formula is C20H19N5O3S. The average molecular weight is 409 g/mol. The Balaban J connectivity index is 1.26. The van der Waals surface area contributed by atoms with E-state index in [2.05, 4.69) is 31.7 Å². The van der Waals surface area contributed by atoms with Gasteiger partial charge < -0.3 is 23.8 Å². The summed E-state index contributed by atoms with van der Waals surface area (Å²) in [5.74, 6) is 4.52. The molecule has 9 heteroatoms. The van der Waals surface area contributed by atoms with Crippen LogP contribution in [-0.4, -0.2) is 31.5 Å². The molecule has 148 valence electrons. The second-order valence-corrected chi connectivity index (χ2v) is 7.38. The normalized spacial score (nSPS) is 12.6. The highest BCUT2D eigenvalue weighted by Gasteiger charge is 2.16. The number of hydrogen-bond acceptors (Lipinski definition) is 7. The fourth-order valence-electron chi connectivity index (χ4n) is 3.17. The van der Waals surface area contributed by atoms with Gasteiger partial charge in [0.2, 0.25) is 6.79 Å². The van der Waals surface area contributed by atoms with Crippen LogP contribution in [0.3, 0.4) is 0 Å². The molecule has 29 heavy (non-hydrogen) atoms.